The molecule has 1 atom stereocenters. The lowest BCUT2D eigenvalue weighted by Crippen LogP contribution is -2.13. The Bertz CT molecular complexity index is 1260. The quantitative estimate of drug-likeness (QED) is 0.324. The minimum absolute atomic E-state index is 0.00105. The van der Waals surface area contributed by atoms with Crippen LogP contribution in [0.1, 0.15) is 40.6 Å². The monoisotopic (exact) mass is 432 g/mol. The Balaban J connectivity index is 1.62. The van der Waals surface area contributed by atoms with Crippen molar-refractivity contribution >= 4 is 33.1 Å². The third-order valence-electron chi connectivity index (χ3n) is 5.62. The van der Waals surface area contributed by atoms with Gasteiger partial charge >= 0.3 is 0 Å². The van der Waals surface area contributed by atoms with Gasteiger partial charge in [-0.15, -0.1) is 11.3 Å². The smallest absolute Gasteiger partial charge is 0.269 e. The molecule has 0 spiro atoms. The van der Waals surface area contributed by atoms with Crippen LogP contribution in [0.3, 0.4) is 0 Å². The van der Waals surface area contributed by atoms with E-state index in [1.54, 1.807) is 23.6 Å². The fourth-order valence-corrected chi connectivity index (χ4v) is 5.15. The number of anilines is 1. The molecule has 0 saturated carbocycles. The molecule has 5 rings (SSSR count). The van der Waals surface area contributed by atoms with Crippen molar-refractivity contribution in [2.75, 3.05) is 5.32 Å². The van der Waals surface area contributed by atoms with Crippen molar-refractivity contribution in [3.63, 3.8) is 0 Å². The molecule has 4 aromatic rings. The zero-order valence-corrected chi connectivity index (χ0v) is 17.4. The number of thiazole rings is 1. The van der Waals surface area contributed by atoms with E-state index in [4.69, 9.17) is 4.98 Å². The summed E-state index contributed by atoms with van der Waals surface area (Å²) in [7, 11) is 0. The summed E-state index contributed by atoms with van der Waals surface area (Å²) in [5.74, 6) is 0.0587. The van der Waals surface area contributed by atoms with E-state index in [0.29, 0.717) is 16.6 Å². The molecular weight excluding hydrogens is 412 g/mol. The van der Waals surface area contributed by atoms with Crippen LogP contribution in [0, 0.1) is 10.1 Å². The van der Waals surface area contributed by atoms with Crippen molar-refractivity contribution in [2.45, 2.75) is 31.7 Å². The Morgan fingerprint density at radius 2 is 2.00 bits per heavy atom. The van der Waals surface area contributed by atoms with Crippen molar-refractivity contribution < 1.29 is 10.0 Å². The number of aromatic nitrogens is 2. The second-order valence-corrected chi connectivity index (χ2v) is 8.69. The van der Waals surface area contributed by atoms with E-state index in [9.17, 15) is 15.2 Å². The maximum Gasteiger partial charge on any atom is 0.269 e. The molecule has 0 fully saturated rings. The predicted octanol–water partition coefficient (Wildman–Crippen LogP) is 5.39. The normalized spacial score (nSPS) is 14.2. The van der Waals surface area contributed by atoms with E-state index >= 15 is 0 Å². The average Bonchev–Trinajstić information content (AvgIpc) is 3.21. The van der Waals surface area contributed by atoms with Crippen molar-refractivity contribution in [1.82, 2.24) is 9.97 Å². The molecule has 2 aromatic carbocycles. The Kier molecular flexibility index (Phi) is 4.99. The second-order valence-electron chi connectivity index (χ2n) is 7.60. The van der Waals surface area contributed by atoms with Gasteiger partial charge in [0.15, 0.2) is 5.13 Å². The molecule has 1 unspecified atom stereocenters. The molecule has 2 heterocycles. The molecule has 1 aliphatic carbocycles. The number of benzene rings is 2. The SMILES string of the molecule is O=[N+]([O-])c1cccc(C(Nc2nc3c(s2)CCCC3)c2ccc3cccnc3c2O)c1. The van der Waals surface area contributed by atoms with Crippen LogP contribution in [0.5, 0.6) is 5.75 Å². The highest BCUT2D eigenvalue weighted by Gasteiger charge is 2.24. The molecule has 0 bridgehead atoms. The minimum atomic E-state index is -0.515. The minimum Gasteiger partial charge on any atom is -0.505 e. The topological polar surface area (TPSA) is 101 Å². The number of nitro groups is 1. The number of aryl methyl sites for hydroxylation is 2. The molecule has 2 N–H and O–H groups in total. The van der Waals surface area contributed by atoms with Gasteiger partial charge in [0.05, 0.1) is 16.7 Å². The Hall–Kier alpha value is -3.52. The number of aromatic hydroxyl groups is 1. The van der Waals surface area contributed by atoms with Gasteiger partial charge < -0.3 is 10.4 Å². The zero-order chi connectivity index (χ0) is 21.4. The van der Waals surface area contributed by atoms with E-state index in [-0.39, 0.29) is 11.4 Å². The summed E-state index contributed by atoms with van der Waals surface area (Å²) >= 11 is 1.62. The molecule has 31 heavy (non-hydrogen) atoms. The number of hydrogen-bond donors (Lipinski definition) is 2. The van der Waals surface area contributed by atoms with Crippen LogP contribution in [-0.4, -0.2) is 20.0 Å². The van der Waals surface area contributed by atoms with E-state index in [1.165, 1.54) is 23.4 Å². The lowest BCUT2D eigenvalue weighted by Gasteiger charge is -2.21. The first-order valence-corrected chi connectivity index (χ1v) is 11.0. The van der Waals surface area contributed by atoms with Gasteiger partial charge in [-0.25, -0.2) is 4.98 Å². The number of nitrogens with zero attached hydrogens (tertiary/aromatic N) is 3. The van der Waals surface area contributed by atoms with Gasteiger partial charge in [-0.05, 0) is 37.3 Å². The fourth-order valence-electron chi connectivity index (χ4n) is 4.07. The van der Waals surface area contributed by atoms with Gasteiger partial charge in [0.25, 0.3) is 5.69 Å². The lowest BCUT2D eigenvalue weighted by atomic mass is 9.96. The number of hydrogen-bond acceptors (Lipinski definition) is 7. The zero-order valence-electron chi connectivity index (χ0n) is 16.6. The molecule has 0 amide bonds. The third-order valence-corrected chi connectivity index (χ3v) is 6.71. The number of phenolic OH excluding ortho intramolecular Hbond substituents is 1. The molecule has 0 radical (unpaired) electrons. The van der Waals surface area contributed by atoms with Crippen LogP contribution in [0.25, 0.3) is 10.9 Å². The number of rotatable bonds is 5. The molecule has 8 heteroatoms. The standard InChI is InChI=1S/C23H20N4O3S/c28-22-17(11-10-14-6-4-12-24-21(14)22)20(15-5-3-7-16(13-15)27(29)30)26-23-25-18-8-1-2-9-19(18)31-23/h3-7,10-13,20,28H,1-2,8-9H2,(H,25,26). The van der Waals surface area contributed by atoms with Crippen LogP contribution in [0.2, 0.25) is 0 Å². The maximum atomic E-state index is 11.4. The van der Waals surface area contributed by atoms with Crippen LogP contribution in [0.15, 0.2) is 54.7 Å². The molecular formula is C23H20N4O3S. The van der Waals surface area contributed by atoms with Crippen molar-refractivity contribution in [3.05, 3.63) is 86.5 Å². The highest BCUT2D eigenvalue weighted by atomic mass is 32.1. The number of pyridine rings is 1. The highest BCUT2D eigenvalue weighted by Crippen LogP contribution is 2.39. The highest BCUT2D eigenvalue weighted by molar-refractivity contribution is 7.15. The van der Waals surface area contributed by atoms with Gasteiger partial charge in [-0.2, -0.15) is 0 Å². The summed E-state index contributed by atoms with van der Waals surface area (Å²) in [6, 6.07) is 13.4. The van der Waals surface area contributed by atoms with E-state index < -0.39 is 11.0 Å². The second kappa shape index (κ2) is 7.96. The Morgan fingerprint density at radius 1 is 1.13 bits per heavy atom. The predicted molar refractivity (Wildman–Crippen MR) is 121 cm³/mol. The van der Waals surface area contributed by atoms with Gasteiger partial charge in [0, 0.05) is 34.2 Å². The summed E-state index contributed by atoms with van der Waals surface area (Å²) in [6.07, 6.45) is 5.94. The molecule has 0 saturated heterocycles. The van der Waals surface area contributed by atoms with Gasteiger partial charge in [-0.3, -0.25) is 15.1 Å². The van der Waals surface area contributed by atoms with Crippen molar-refractivity contribution in [2.24, 2.45) is 0 Å². The molecule has 156 valence electrons. The number of nitro benzene ring substituents is 1. The Labute approximate surface area is 182 Å². The number of phenols is 1. The van der Waals surface area contributed by atoms with E-state index in [0.717, 1.165) is 35.5 Å². The molecule has 1 aliphatic rings. The molecule has 0 aliphatic heterocycles. The number of fused-ring (bicyclic) bond motifs is 2. The largest absolute Gasteiger partial charge is 0.505 e. The van der Waals surface area contributed by atoms with Crippen LogP contribution in [0.4, 0.5) is 10.8 Å². The third kappa shape index (κ3) is 3.70. The first kappa shape index (κ1) is 19.4. The molecule has 7 nitrogen and oxygen atoms in total. The summed E-state index contributed by atoms with van der Waals surface area (Å²) in [5.41, 5.74) is 2.89. The summed E-state index contributed by atoms with van der Waals surface area (Å²) in [6.45, 7) is 0. The lowest BCUT2D eigenvalue weighted by molar-refractivity contribution is -0.384. The number of nitrogens with one attached hydrogen (secondary N) is 1. The van der Waals surface area contributed by atoms with Crippen LogP contribution >= 0.6 is 11.3 Å². The van der Waals surface area contributed by atoms with Gasteiger partial charge in [-0.1, -0.05) is 30.3 Å². The van der Waals surface area contributed by atoms with Gasteiger partial charge in [0.1, 0.15) is 11.3 Å². The summed E-state index contributed by atoms with van der Waals surface area (Å²) in [5, 5.41) is 27.4. The summed E-state index contributed by atoms with van der Waals surface area (Å²) < 4.78 is 0. The first-order chi connectivity index (χ1) is 15.1. The van der Waals surface area contributed by atoms with Crippen molar-refractivity contribution in [1.29, 1.82) is 0 Å². The van der Waals surface area contributed by atoms with Crippen LogP contribution < -0.4 is 5.32 Å². The van der Waals surface area contributed by atoms with Gasteiger partial charge in [0.2, 0.25) is 0 Å². The van der Waals surface area contributed by atoms with E-state index in [1.807, 2.05) is 30.3 Å². The fraction of sp³-hybridized carbons (Fsp3) is 0.217. The van der Waals surface area contributed by atoms with Crippen molar-refractivity contribution in [3.8, 4) is 5.75 Å². The van der Waals surface area contributed by atoms with Crippen LogP contribution in [-0.2, 0) is 12.8 Å². The van der Waals surface area contributed by atoms with E-state index in [2.05, 4.69) is 10.3 Å². The average molecular weight is 433 g/mol. The number of non-ortho nitro benzene ring substituents is 1. The Morgan fingerprint density at radius 3 is 2.84 bits per heavy atom. The maximum absolute atomic E-state index is 11.4. The summed E-state index contributed by atoms with van der Waals surface area (Å²) in [4.78, 5) is 21.3. The first-order valence-electron chi connectivity index (χ1n) is 10.2. The molecule has 2 aromatic heterocycles.